The van der Waals surface area contributed by atoms with Gasteiger partial charge in [-0.3, -0.25) is 14.4 Å². The molecule has 1 amide bonds. The van der Waals surface area contributed by atoms with E-state index < -0.39 is 46.7 Å². The molecule has 8 nitrogen and oxygen atoms in total. The normalized spacial score (nSPS) is 18.5. The third-order valence-electron chi connectivity index (χ3n) is 4.61. The van der Waals surface area contributed by atoms with Crippen LogP contribution in [0.3, 0.4) is 0 Å². The number of nitrogens with one attached hydrogen (secondary N) is 2. The zero-order valence-electron chi connectivity index (χ0n) is 16.6. The molecule has 1 aliphatic heterocycles. The Balaban J connectivity index is 2.06. The van der Waals surface area contributed by atoms with E-state index in [4.69, 9.17) is 9.47 Å². The SMILES string of the molecule is C=CCOC(=O)c1ccc(F)c(NC(=O)C2CC(C(C(=O)S)C(=O)OCC=C)CN2)c1. The van der Waals surface area contributed by atoms with Gasteiger partial charge in [0.15, 0.2) is 5.12 Å². The summed E-state index contributed by atoms with van der Waals surface area (Å²) in [5, 5.41) is 4.66. The van der Waals surface area contributed by atoms with Gasteiger partial charge in [0.05, 0.1) is 17.3 Å². The highest BCUT2D eigenvalue weighted by Crippen LogP contribution is 2.27. The Morgan fingerprint density at radius 2 is 1.90 bits per heavy atom. The van der Waals surface area contributed by atoms with Gasteiger partial charge >= 0.3 is 11.9 Å². The Bertz CT molecular complexity index is 891. The van der Waals surface area contributed by atoms with Crippen LogP contribution in [0.5, 0.6) is 0 Å². The molecule has 2 N–H and O–H groups in total. The molecule has 3 unspecified atom stereocenters. The summed E-state index contributed by atoms with van der Waals surface area (Å²) in [6, 6.07) is 2.65. The van der Waals surface area contributed by atoms with Crippen molar-refractivity contribution in [2.45, 2.75) is 12.5 Å². The number of hydrogen-bond acceptors (Lipinski definition) is 7. The average molecular weight is 450 g/mol. The zero-order chi connectivity index (χ0) is 23.0. The number of amides is 1. The molecule has 0 radical (unpaired) electrons. The molecule has 0 spiro atoms. The molecule has 0 aliphatic carbocycles. The summed E-state index contributed by atoms with van der Waals surface area (Å²) in [5.41, 5.74) is -0.142. The average Bonchev–Trinajstić information content (AvgIpc) is 3.21. The second kappa shape index (κ2) is 11.4. The molecular weight excluding hydrogens is 427 g/mol. The third kappa shape index (κ3) is 6.50. The minimum absolute atomic E-state index is 0.00838. The van der Waals surface area contributed by atoms with Gasteiger partial charge in [0.1, 0.15) is 24.9 Å². The highest BCUT2D eigenvalue weighted by atomic mass is 32.1. The van der Waals surface area contributed by atoms with Crippen LogP contribution in [0.1, 0.15) is 16.8 Å². The molecule has 10 heteroatoms. The summed E-state index contributed by atoms with van der Waals surface area (Å²) < 4.78 is 24.0. The summed E-state index contributed by atoms with van der Waals surface area (Å²) in [5.74, 6) is -4.43. The first-order valence-corrected chi connectivity index (χ1v) is 9.85. The van der Waals surface area contributed by atoms with Crippen molar-refractivity contribution in [2.75, 3.05) is 25.1 Å². The molecule has 0 aromatic heterocycles. The topological polar surface area (TPSA) is 111 Å². The van der Waals surface area contributed by atoms with Crippen molar-refractivity contribution in [3.8, 4) is 0 Å². The van der Waals surface area contributed by atoms with Crippen LogP contribution in [-0.2, 0) is 23.9 Å². The Morgan fingerprint density at radius 3 is 2.55 bits per heavy atom. The smallest absolute Gasteiger partial charge is 0.338 e. The Hall–Kier alpha value is -2.98. The molecule has 1 aliphatic rings. The van der Waals surface area contributed by atoms with Crippen molar-refractivity contribution < 1.29 is 33.0 Å². The first-order chi connectivity index (χ1) is 14.8. The number of benzene rings is 1. The number of ether oxygens (including phenoxy) is 2. The number of anilines is 1. The lowest BCUT2D eigenvalue weighted by Crippen LogP contribution is -2.35. The maximum Gasteiger partial charge on any atom is 0.338 e. The van der Waals surface area contributed by atoms with E-state index in [0.29, 0.717) is 0 Å². The van der Waals surface area contributed by atoms with E-state index in [1.165, 1.54) is 18.2 Å². The minimum atomic E-state index is -1.15. The van der Waals surface area contributed by atoms with Crippen molar-refractivity contribution in [2.24, 2.45) is 11.8 Å². The number of carbonyl (C=O) groups is 4. The van der Waals surface area contributed by atoms with E-state index in [1.807, 2.05) is 0 Å². The standard InChI is InChI=1S/C21H23FN2O6S/c1-3-7-29-19(26)12-5-6-14(22)15(9-12)24-18(25)16-10-13(11-23-16)17(21(28)31)20(27)30-8-4-2/h3-6,9,13,16-17,23H,1-2,7-8,10-11H2,(H,24,25)(H,28,31). The van der Waals surface area contributed by atoms with Gasteiger partial charge in [0.25, 0.3) is 0 Å². The van der Waals surface area contributed by atoms with Crippen molar-refractivity contribution >= 4 is 41.3 Å². The predicted molar refractivity (Wildman–Crippen MR) is 114 cm³/mol. The van der Waals surface area contributed by atoms with Gasteiger partial charge in [-0.25, -0.2) is 9.18 Å². The van der Waals surface area contributed by atoms with Gasteiger partial charge in [-0.05, 0) is 30.5 Å². The van der Waals surface area contributed by atoms with Crippen LogP contribution in [0.25, 0.3) is 0 Å². The maximum atomic E-state index is 14.1. The van der Waals surface area contributed by atoms with Gasteiger partial charge in [0.2, 0.25) is 5.91 Å². The first-order valence-electron chi connectivity index (χ1n) is 9.40. The number of hydrogen-bond donors (Lipinski definition) is 3. The van der Waals surface area contributed by atoms with E-state index in [9.17, 15) is 23.6 Å². The van der Waals surface area contributed by atoms with Crippen LogP contribution in [0.2, 0.25) is 0 Å². The molecule has 166 valence electrons. The second-order valence-corrected chi connectivity index (χ2v) is 7.20. The Kier molecular flexibility index (Phi) is 8.95. The monoisotopic (exact) mass is 450 g/mol. The number of rotatable bonds is 10. The molecule has 1 heterocycles. The first kappa shape index (κ1) is 24.3. The number of esters is 2. The maximum absolute atomic E-state index is 14.1. The van der Waals surface area contributed by atoms with Crippen LogP contribution in [-0.4, -0.2) is 48.8 Å². The van der Waals surface area contributed by atoms with E-state index in [0.717, 1.165) is 12.1 Å². The van der Waals surface area contributed by atoms with Crippen molar-refractivity contribution in [1.82, 2.24) is 5.32 Å². The molecule has 1 aromatic carbocycles. The fraction of sp³-hybridized carbons (Fsp3) is 0.333. The van der Waals surface area contributed by atoms with E-state index >= 15 is 0 Å². The quantitative estimate of drug-likeness (QED) is 0.216. The van der Waals surface area contributed by atoms with E-state index in [-0.39, 0.29) is 37.4 Å². The molecule has 0 saturated carbocycles. The second-order valence-electron chi connectivity index (χ2n) is 6.76. The lowest BCUT2D eigenvalue weighted by Gasteiger charge is -2.18. The summed E-state index contributed by atoms with van der Waals surface area (Å²) in [7, 11) is 0. The molecular formula is C21H23FN2O6S. The summed E-state index contributed by atoms with van der Waals surface area (Å²) in [6.45, 7) is 7.00. The van der Waals surface area contributed by atoms with Gasteiger partial charge in [-0.15, -0.1) is 12.6 Å². The highest BCUT2D eigenvalue weighted by Gasteiger charge is 2.41. The minimum Gasteiger partial charge on any atom is -0.461 e. The zero-order valence-corrected chi connectivity index (χ0v) is 17.5. The fourth-order valence-corrected chi connectivity index (χ4v) is 3.44. The van der Waals surface area contributed by atoms with E-state index in [2.05, 4.69) is 36.4 Å². The van der Waals surface area contributed by atoms with Crippen molar-refractivity contribution in [3.63, 3.8) is 0 Å². The molecule has 31 heavy (non-hydrogen) atoms. The van der Waals surface area contributed by atoms with Gasteiger partial charge < -0.3 is 20.1 Å². The van der Waals surface area contributed by atoms with Crippen LogP contribution in [0.4, 0.5) is 10.1 Å². The summed E-state index contributed by atoms with van der Waals surface area (Å²) in [4.78, 5) is 48.5. The van der Waals surface area contributed by atoms with Crippen molar-refractivity contribution in [3.05, 3.63) is 54.9 Å². The Morgan fingerprint density at radius 1 is 1.23 bits per heavy atom. The van der Waals surface area contributed by atoms with Crippen LogP contribution in [0.15, 0.2) is 43.5 Å². The third-order valence-corrected chi connectivity index (χ3v) is 4.89. The number of thiol groups is 1. The molecule has 0 bridgehead atoms. The van der Waals surface area contributed by atoms with Gasteiger partial charge in [0, 0.05) is 6.54 Å². The molecule has 3 atom stereocenters. The van der Waals surface area contributed by atoms with Crippen molar-refractivity contribution in [1.29, 1.82) is 0 Å². The number of halogens is 1. The highest BCUT2D eigenvalue weighted by molar-refractivity contribution is 7.96. The van der Waals surface area contributed by atoms with Gasteiger partial charge in [-0.1, -0.05) is 25.3 Å². The lowest BCUT2D eigenvalue weighted by atomic mass is 9.90. The molecule has 1 fully saturated rings. The summed E-state index contributed by atoms with van der Waals surface area (Å²) in [6.07, 6.45) is 2.90. The van der Waals surface area contributed by atoms with Gasteiger partial charge in [-0.2, -0.15) is 0 Å². The Labute approximate surface area is 184 Å². The van der Waals surface area contributed by atoms with Crippen LogP contribution in [0, 0.1) is 17.7 Å². The predicted octanol–water partition coefficient (Wildman–Crippen LogP) is 1.89. The van der Waals surface area contributed by atoms with Crippen LogP contribution >= 0.6 is 12.6 Å². The molecule has 1 aromatic rings. The van der Waals surface area contributed by atoms with Crippen LogP contribution < -0.4 is 10.6 Å². The molecule has 1 saturated heterocycles. The lowest BCUT2D eigenvalue weighted by molar-refractivity contribution is -0.151. The molecule has 2 rings (SSSR count). The summed E-state index contributed by atoms with van der Waals surface area (Å²) >= 11 is 3.77. The largest absolute Gasteiger partial charge is 0.461 e. The van der Waals surface area contributed by atoms with E-state index in [1.54, 1.807) is 0 Å². The fourth-order valence-electron chi connectivity index (χ4n) is 3.13. The number of carbonyl (C=O) groups excluding carboxylic acids is 4.